The van der Waals surface area contributed by atoms with E-state index in [4.69, 9.17) is 9.84 Å². The Kier molecular flexibility index (Phi) is 6.54. The molecule has 4 heteroatoms. The van der Waals surface area contributed by atoms with Crippen molar-refractivity contribution in [3.05, 3.63) is 12.2 Å². The van der Waals surface area contributed by atoms with Gasteiger partial charge in [0.2, 0.25) is 0 Å². The van der Waals surface area contributed by atoms with Gasteiger partial charge in [0.25, 0.3) is 0 Å². The predicted octanol–water partition coefficient (Wildman–Crippen LogP) is 2.78. The standard InChI is InChI=1S/C13H22O4/c1-5-6-7-10(13(2,3)4)17-12(16)9-8-11(14)15/h8-10H,5-7H2,1-4H3,(H,14,15)/b9-8+. The Labute approximate surface area is 103 Å². The minimum absolute atomic E-state index is 0.137. The van der Waals surface area contributed by atoms with Crippen LogP contribution in [0.1, 0.15) is 47.0 Å². The highest BCUT2D eigenvalue weighted by Crippen LogP contribution is 2.26. The molecule has 0 aromatic carbocycles. The number of hydrogen-bond acceptors (Lipinski definition) is 3. The zero-order chi connectivity index (χ0) is 13.5. The van der Waals surface area contributed by atoms with Crippen LogP contribution in [0.3, 0.4) is 0 Å². The molecule has 0 rings (SSSR count). The number of unbranched alkanes of at least 4 members (excludes halogenated alkanes) is 1. The maximum absolute atomic E-state index is 11.4. The van der Waals surface area contributed by atoms with Crippen LogP contribution in [-0.4, -0.2) is 23.1 Å². The van der Waals surface area contributed by atoms with Gasteiger partial charge in [0.1, 0.15) is 6.10 Å². The van der Waals surface area contributed by atoms with Crippen molar-refractivity contribution >= 4 is 11.9 Å². The van der Waals surface area contributed by atoms with E-state index in [2.05, 4.69) is 6.92 Å². The molecule has 1 atom stereocenters. The highest BCUT2D eigenvalue weighted by molar-refractivity contribution is 5.90. The smallest absolute Gasteiger partial charge is 0.331 e. The van der Waals surface area contributed by atoms with E-state index >= 15 is 0 Å². The molecule has 0 aliphatic heterocycles. The summed E-state index contributed by atoms with van der Waals surface area (Å²) in [5, 5.41) is 8.40. The summed E-state index contributed by atoms with van der Waals surface area (Å²) < 4.78 is 5.28. The maximum atomic E-state index is 11.4. The molecule has 0 spiro atoms. The Bertz CT molecular complexity index is 286. The molecular weight excluding hydrogens is 220 g/mol. The number of carbonyl (C=O) groups is 2. The zero-order valence-corrected chi connectivity index (χ0v) is 11.0. The van der Waals surface area contributed by atoms with Crippen molar-refractivity contribution in [1.29, 1.82) is 0 Å². The first kappa shape index (κ1) is 15.7. The van der Waals surface area contributed by atoms with Crippen molar-refractivity contribution in [2.24, 2.45) is 5.41 Å². The second-order valence-electron chi connectivity index (χ2n) is 5.11. The summed E-state index contributed by atoms with van der Waals surface area (Å²) in [5.74, 6) is -1.74. The van der Waals surface area contributed by atoms with Gasteiger partial charge in [0.15, 0.2) is 0 Å². The lowest BCUT2D eigenvalue weighted by Gasteiger charge is -2.29. The number of aliphatic carboxylic acids is 1. The molecule has 98 valence electrons. The molecule has 4 nitrogen and oxygen atoms in total. The van der Waals surface area contributed by atoms with Crippen LogP contribution < -0.4 is 0 Å². The van der Waals surface area contributed by atoms with Crippen LogP contribution >= 0.6 is 0 Å². The highest BCUT2D eigenvalue weighted by Gasteiger charge is 2.27. The number of esters is 1. The van der Waals surface area contributed by atoms with Gasteiger partial charge in [-0.1, -0.05) is 40.5 Å². The summed E-state index contributed by atoms with van der Waals surface area (Å²) >= 11 is 0. The predicted molar refractivity (Wildman–Crippen MR) is 65.6 cm³/mol. The average Bonchev–Trinajstić information content (AvgIpc) is 2.19. The van der Waals surface area contributed by atoms with E-state index in [0.717, 1.165) is 31.4 Å². The van der Waals surface area contributed by atoms with Gasteiger partial charge in [0.05, 0.1) is 0 Å². The van der Waals surface area contributed by atoms with Gasteiger partial charge in [-0.2, -0.15) is 0 Å². The number of carboxylic acids is 1. The Morgan fingerprint density at radius 3 is 2.29 bits per heavy atom. The van der Waals surface area contributed by atoms with Gasteiger partial charge in [-0.05, 0) is 11.8 Å². The lowest BCUT2D eigenvalue weighted by molar-refractivity contribution is -0.149. The van der Waals surface area contributed by atoms with Crippen LogP contribution in [0.4, 0.5) is 0 Å². The van der Waals surface area contributed by atoms with Gasteiger partial charge in [-0.15, -0.1) is 0 Å². The Morgan fingerprint density at radius 2 is 1.88 bits per heavy atom. The first-order valence-corrected chi connectivity index (χ1v) is 5.89. The fraction of sp³-hybridized carbons (Fsp3) is 0.692. The largest absolute Gasteiger partial charge is 0.478 e. The third-order valence-corrected chi connectivity index (χ3v) is 2.41. The first-order valence-electron chi connectivity index (χ1n) is 5.89. The first-order chi connectivity index (χ1) is 7.77. The summed E-state index contributed by atoms with van der Waals surface area (Å²) in [6.45, 7) is 8.08. The van der Waals surface area contributed by atoms with Gasteiger partial charge < -0.3 is 9.84 Å². The van der Waals surface area contributed by atoms with Gasteiger partial charge in [0, 0.05) is 12.2 Å². The number of carbonyl (C=O) groups excluding carboxylic acids is 1. The number of hydrogen-bond donors (Lipinski definition) is 1. The van der Waals surface area contributed by atoms with E-state index in [9.17, 15) is 9.59 Å². The molecule has 0 aromatic rings. The Balaban J connectivity index is 4.43. The minimum atomic E-state index is -1.15. The summed E-state index contributed by atoms with van der Waals surface area (Å²) in [7, 11) is 0. The van der Waals surface area contributed by atoms with Crippen LogP contribution in [0, 0.1) is 5.41 Å². The number of rotatable bonds is 6. The molecule has 0 bridgehead atoms. The monoisotopic (exact) mass is 242 g/mol. The second-order valence-corrected chi connectivity index (χ2v) is 5.11. The molecule has 0 amide bonds. The van der Waals surface area contributed by atoms with Crippen molar-refractivity contribution < 1.29 is 19.4 Å². The van der Waals surface area contributed by atoms with Crippen LogP contribution in [0.2, 0.25) is 0 Å². The maximum Gasteiger partial charge on any atom is 0.331 e. The summed E-state index contributed by atoms with van der Waals surface area (Å²) in [5.41, 5.74) is -0.137. The summed E-state index contributed by atoms with van der Waals surface area (Å²) in [4.78, 5) is 21.7. The molecular formula is C13H22O4. The van der Waals surface area contributed by atoms with E-state index in [1.807, 2.05) is 20.8 Å². The van der Waals surface area contributed by atoms with Crippen LogP contribution in [0.25, 0.3) is 0 Å². The van der Waals surface area contributed by atoms with Crippen molar-refractivity contribution in [2.75, 3.05) is 0 Å². The lowest BCUT2D eigenvalue weighted by atomic mass is 9.86. The van der Waals surface area contributed by atoms with E-state index in [1.165, 1.54) is 0 Å². The van der Waals surface area contributed by atoms with Gasteiger partial charge in [-0.3, -0.25) is 0 Å². The number of ether oxygens (including phenoxy) is 1. The number of carboxylic acid groups (broad SMARTS) is 1. The van der Waals surface area contributed by atoms with E-state index < -0.39 is 11.9 Å². The molecule has 0 radical (unpaired) electrons. The molecule has 0 heterocycles. The van der Waals surface area contributed by atoms with E-state index in [-0.39, 0.29) is 11.5 Å². The lowest BCUT2D eigenvalue weighted by Crippen LogP contribution is -2.31. The van der Waals surface area contributed by atoms with Gasteiger partial charge in [-0.25, -0.2) is 9.59 Å². The molecule has 0 saturated heterocycles. The normalized spacial score (nSPS) is 13.6. The van der Waals surface area contributed by atoms with Crippen LogP contribution in [0.15, 0.2) is 12.2 Å². The van der Waals surface area contributed by atoms with Crippen molar-refractivity contribution in [1.82, 2.24) is 0 Å². The summed E-state index contributed by atoms with van der Waals surface area (Å²) in [6, 6.07) is 0. The molecule has 0 fully saturated rings. The molecule has 0 aliphatic carbocycles. The summed E-state index contributed by atoms with van der Waals surface area (Å²) in [6.07, 6.45) is 4.38. The van der Waals surface area contributed by atoms with Crippen molar-refractivity contribution in [2.45, 2.75) is 53.1 Å². The third kappa shape index (κ3) is 7.55. The Morgan fingerprint density at radius 1 is 1.29 bits per heavy atom. The SMILES string of the molecule is CCCCC(OC(=O)/C=C/C(=O)O)C(C)(C)C. The molecule has 1 N–H and O–H groups in total. The van der Waals surface area contributed by atoms with Crippen molar-refractivity contribution in [3.63, 3.8) is 0 Å². The van der Waals surface area contributed by atoms with Gasteiger partial charge >= 0.3 is 11.9 Å². The minimum Gasteiger partial charge on any atom is -0.478 e. The molecule has 1 unspecified atom stereocenters. The molecule has 0 saturated carbocycles. The zero-order valence-electron chi connectivity index (χ0n) is 11.0. The topological polar surface area (TPSA) is 63.6 Å². The second kappa shape index (κ2) is 7.09. The average molecular weight is 242 g/mol. The molecule has 17 heavy (non-hydrogen) atoms. The third-order valence-electron chi connectivity index (χ3n) is 2.41. The fourth-order valence-corrected chi connectivity index (χ4v) is 1.38. The molecule has 0 aromatic heterocycles. The van der Waals surface area contributed by atoms with Crippen LogP contribution in [0.5, 0.6) is 0 Å². The van der Waals surface area contributed by atoms with E-state index in [1.54, 1.807) is 0 Å². The quantitative estimate of drug-likeness (QED) is 0.574. The Hall–Kier alpha value is -1.32. The fourth-order valence-electron chi connectivity index (χ4n) is 1.38. The highest BCUT2D eigenvalue weighted by atomic mass is 16.5. The van der Waals surface area contributed by atoms with Crippen LogP contribution in [-0.2, 0) is 14.3 Å². The molecule has 0 aliphatic rings. The van der Waals surface area contributed by atoms with E-state index in [0.29, 0.717) is 0 Å². The van der Waals surface area contributed by atoms with Crippen molar-refractivity contribution in [3.8, 4) is 0 Å².